The van der Waals surface area contributed by atoms with Crippen molar-refractivity contribution in [2.75, 3.05) is 20.3 Å². The number of aromatic nitrogens is 1. The Morgan fingerprint density at radius 1 is 1.09 bits per heavy atom. The molecule has 0 aliphatic carbocycles. The second kappa shape index (κ2) is 14.3. The Morgan fingerprint density at radius 3 is 2.59 bits per heavy atom. The zero-order valence-corrected chi connectivity index (χ0v) is 29.3. The molecule has 3 aromatic carbocycles. The second-order valence-corrected chi connectivity index (χ2v) is 13.0. The third-order valence-corrected chi connectivity index (χ3v) is 9.10. The van der Waals surface area contributed by atoms with Gasteiger partial charge >= 0.3 is 5.97 Å². The van der Waals surface area contributed by atoms with Crippen molar-refractivity contribution in [3.05, 3.63) is 116 Å². The lowest BCUT2D eigenvalue weighted by Crippen LogP contribution is -2.39. The van der Waals surface area contributed by atoms with E-state index in [4.69, 9.17) is 30.5 Å². The van der Waals surface area contributed by atoms with Crippen LogP contribution >= 0.6 is 61.5 Å². The Hall–Kier alpha value is -3.13. The first kappa shape index (κ1) is 32.3. The molecule has 1 aliphatic heterocycles. The highest BCUT2D eigenvalue weighted by atomic mass is 127. The number of esters is 1. The van der Waals surface area contributed by atoms with Crippen molar-refractivity contribution in [2.24, 2.45) is 4.99 Å². The summed E-state index contributed by atoms with van der Waals surface area (Å²) in [4.78, 5) is 32.0. The van der Waals surface area contributed by atoms with Gasteiger partial charge < -0.3 is 18.9 Å². The maximum atomic E-state index is 14.1. The van der Waals surface area contributed by atoms with E-state index in [0.29, 0.717) is 62.6 Å². The van der Waals surface area contributed by atoms with E-state index in [1.54, 1.807) is 18.2 Å². The molecule has 1 aromatic heterocycles. The van der Waals surface area contributed by atoms with Crippen molar-refractivity contribution in [3.8, 4) is 17.2 Å². The Kier molecular flexibility index (Phi) is 10.5. The van der Waals surface area contributed by atoms with Crippen molar-refractivity contribution in [1.29, 1.82) is 0 Å². The van der Waals surface area contributed by atoms with E-state index in [0.717, 1.165) is 13.6 Å². The Labute approximate surface area is 284 Å². The molecular weight excluding hydrogens is 783 g/mol. The topological polar surface area (TPSA) is 88.4 Å². The van der Waals surface area contributed by atoms with Crippen LogP contribution in [0, 0.1) is 3.57 Å². The van der Waals surface area contributed by atoms with Crippen LogP contribution in [0.15, 0.2) is 80.6 Å². The summed E-state index contributed by atoms with van der Waals surface area (Å²) in [7, 11) is 1.30. The van der Waals surface area contributed by atoms with E-state index in [9.17, 15) is 9.59 Å². The molecule has 228 valence electrons. The van der Waals surface area contributed by atoms with Gasteiger partial charge in [0.15, 0.2) is 16.3 Å². The lowest BCUT2D eigenvalue weighted by Gasteiger charge is -2.23. The van der Waals surface area contributed by atoms with Crippen molar-refractivity contribution in [1.82, 2.24) is 4.57 Å². The largest absolute Gasteiger partial charge is 0.490 e. The lowest BCUT2D eigenvalue weighted by atomic mass is 9.97. The molecule has 0 saturated heterocycles. The van der Waals surface area contributed by atoms with Crippen molar-refractivity contribution in [2.45, 2.75) is 26.5 Å². The molecule has 0 bridgehead atoms. The molecule has 0 fully saturated rings. The average molecular weight is 810 g/mol. The second-order valence-electron chi connectivity index (χ2n) is 9.47. The molecule has 0 spiro atoms. The summed E-state index contributed by atoms with van der Waals surface area (Å²) < 4.78 is 26.5. The Morgan fingerprint density at radius 2 is 1.86 bits per heavy atom. The third-order valence-electron chi connectivity index (χ3n) is 6.60. The molecule has 1 aliphatic rings. The van der Waals surface area contributed by atoms with Gasteiger partial charge in [0.1, 0.15) is 12.4 Å². The summed E-state index contributed by atoms with van der Waals surface area (Å²) in [6.45, 7) is 4.94. The van der Waals surface area contributed by atoms with Gasteiger partial charge in [0.25, 0.3) is 5.56 Å². The van der Waals surface area contributed by atoms with Crippen LogP contribution in [0.1, 0.15) is 36.6 Å². The van der Waals surface area contributed by atoms with Crippen LogP contribution in [0.2, 0.25) is 5.02 Å². The van der Waals surface area contributed by atoms with Crippen LogP contribution < -0.4 is 29.1 Å². The van der Waals surface area contributed by atoms with E-state index in [1.807, 2.05) is 56.3 Å². The predicted octanol–water partition coefficient (Wildman–Crippen LogP) is 6.42. The number of carbonyl (C=O) groups is 1. The first-order valence-electron chi connectivity index (χ1n) is 13.6. The van der Waals surface area contributed by atoms with E-state index >= 15 is 0 Å². The number of methoxy groups -OCH3 is 1. The summed E-state index contributed by atoms with van der Waals surface area (Å²) in [5, 5.41) is 0.625. The van der Waals surface area contributed by atoms with Gasteiger partial charge in [-0.15, -0.1) is 0 Å². The molecule has 0 radical (unpaired) electrons. The fraction of sp³-hybridized carbons (Fsp3) is 0.219. The molecule has 5 rings (SSSR count). The summed E-state index contributed by atoms with van der Waals surface area (Å²) in [5.74, 6) is 1.13. The van der Waals surface area contributed by atoms with Gasteiger partial charge in [-0.3, -0.25) is 9.36 Å². The smallest absolute Gasteiger partial charge is 0.337 e. The van der Waals surface area contributed by atoms with Gasteiger partial charge in [-0.25, -0.2) is 9.79 Å². The zero-order chi connectivity index (χ0) is 31.4. The number of halogens is 3. The minimum atomic E-state index is -0.795. The van der Waals surface area contributed by atoms with E-state index < -0.39 is 12.0 Å². The molecule has 0 unspecified atom stereocenters. The molecule has 0 saturated carbocycles. The fourth-order valence-electron chi connectivity index (χ4n) is 4.75. The normalized spacial score (nSPS) is 14.4. The first-order valence-corrected chi connectivity index (χ1v) is 16.7. The van der Waals surface area contributed by atoms with Gasteiger partial charge in [0.2, 0.25) is 0 Å². The maximum absolute atomic E-state index is 14.1. The number of thiazole rings is 1. The number of benzene rings is 3. The number of ether oxygens (including phenoxy) is 4. The van der Waals surface area contributed by atoms with Gasteiger partial charge in [0, 0.05) is 21.3 Å². The number of nitrogens with zero attached hydrogens (tertiary/aromatic N) is 2. The third kappa shape index (κ3) is 6.90. The summed E-state index contributed by atoms with van der Waals surface area (Å²) in [6, 6.07) is 15.9. The van der Waals surface area contributed by atoms with Gasteiger partial charge in [-0.05, 0) is 90.0 Å². The molecule has 2 heterocycles. The SMILES string of the molecule is CCOc1ccc([C@H]2C(C(=O)OC)=CN=c3s/c(=C/c4cc(Br)cc(I)c4OCc4cccc(Cl)c4)c(=O)n32)cc1OCC. The van der Waals surface area contributed by atoms with Crippen molar-refractivity contribution >= 4 is 73.5 Å². The molecule has 1 atom stereocenters. The molecule has 4 aromatic rings. The van der Waals surface area contributed by atoms with Crippen LogP contribution in [-0.4, -0.2) is 30.9 Å². The number of fused-ring (bicyclic) bond motifs is 1. The summed E-state index contributed by atoms with van der Waals surface area (Å²) >= 11 is 13.2. The lowest BCUT2D eigenvalue weighted by molar-refractivity contribution is -0.136. The van der Waals surface area contributed by atoms with Crippen LogP contribution in [0.3, 0.4) is 0 Å². The van der Waals surface area contributed by atoms with Crippen LogP contribution in [0.5, 0.6) is 17.2 Å². The van der Waals surface area contributed by atoms with E-state index in [-0.39, 0.29) is 11.1 Å². The highest BCUT2D eigenvalue weighted by Crippen LogP contribution is 2.35. The molecule has 0 N–H and O–H groups in total. The molecule has 12 heteroatoms. The van der Waals surface area contributed by atoms with Crippen LogP contribution in [0.4, 0.5) is 0 Å². The highest BCUT2D eigenvalue weighted by Gasteiger charge is 2.31. The molecule has 0 amide bonds. The van der Waals surface area contributed by atoms with E-state index in [1.165, 1.54) is 29.2 Å². The number of hydrogen-bond acceptors (Lipinski definition) is 8. The summed E-state index contributed by atoms with van der Waals surface area (Å²) in [6.07, 6.45) is 3.25. The Balaban J connectivity index is 1.63. The monoisotopic (exact) mass is 808 g/mol. The quantitative estimate of drug-likeness (QED) is 0.136. The number of hydrogen-bond donors (Lipinski definition) is 0. The zero-order valence-electron chi connectivity index (χ0n) is 23.9. The molecule has 44 heavy (non-hydrogen) atoms. The fourth-order valence-corrected chi connectivity index (χ4v) is 7.63. The predicted molar refractivity (Wildman–Crippen MR) is 183 cm³/mol. The van der Waals surface area contributed by atoms with E-state index in [2.05, 4.69) is 43.5 Å². The van der Waals surface area contributed by atoms with Crippen molar-refractivity contribution < 1.29 is 23.7 Å². The van der Waals surface area contributed by atoms with Gasteiger partial charge in [-0.1, -0.05) is 57.1 Å². The minimum absolute atomic E-state index is 0.223. The standard InChI is InChI=1S/C32H27BrClIN2O6S/c1-4-41-25-10-9-19(13-26(25)42-5-2)28-23(31(39)40-3)16-36-32-37(28)30(38)27(44-32)14-20-12-21(33)15-24(35)29(20)43-17-18-7-6-8-22(34)11-18/h6-16,28H,4-5,17H2,1-3H3/b27-14+/t28-/m0/s1. The van der Waals surface area contributed by atoms with Crippen LogP contribution in [0.25, 0.3) is 6.08 Å². The summed E-state index contributed by atoms with van der Waals surface area (Å²) in [5.41, 5.74) is 2.19. The number of carbonyl (C=O) groups excluding carboxylic acids is 1. The minimum Gasteiger partial charge on any atom is -0.490 e. The van der Waals surface area contributed by atoms with Crippen molar-refractivity contribution in [3.63, 3.8) is 0 Å². The maximum Gasteiger partial charge on any atom is 0.337 e. The Bertz CT molecular complexity index is 1940. The number of rotatable bonds is 10. The molecule has 8 nitrogen and oxygen atoms in total. The van der Waals surface area contributed by atoms with Gasteiger partial charge in [0.05, 0.1) is 40.0 Å². The highest BCUT2D eigenvalue weighted by molar-refractivity contribution is 14.1. The van der Waals surface area contributed by atoms with Gasteiger partial charge in [-0.2, -0.15) is 0 Å². The molecular formula is C32H27BrClIN2O6S. The first-order chi connectivity index (χ1) is 21.2. The average Bonchev–Trinajstić information content (AvgIpc) is 3.31. The van der Waals surface area contributed by atoms with Crippen LogP contribution in [-0.2, 0) is 16.1 Å².